The highest BCUT2D eigenvalue weighted by Crippen LogP contribution is 2.34. The van der Waals surface area contributed by atoms with Crippen LogP contribution in [0.4, 0.5) is 9.52 Å². The number of carbonyl (C=O) groups is 1. The monoisotopic (exact) mass is 366 g/mol. The van der Waals surface area contributed by atoms with E-state index in [-0.39, 0.29) is 17.6 Å². The Hall–Kier alpha value is -2.53. The molecule has 0 aliphatic heterocycles. The van der Waals surface area contributed by atoms with Crippen molar-refractivity contribution < 1.29 is 9.18 Å². The van der Waals surface area contributed by atoms with Crippen LogP contribution in [0.5, 0.6) is 0 Å². The lowest BCUT2D eigenvalue weighted by Gasteiger charge is -2.30. The molecule has 1 heterocycles. The van der Waals surface area contributed by atoms with Gasteiger partial charge in [0.25, 0.3) is 0 Å². The summed E-state index contributed by atoms with van der Waals surface area (Å²) < 4.78 is 13.1. The van der Waals surface area contributed by atoms with Gasteiger partial charge in [-0.25, -0.2) is 9.37 Å². The molecule has 1 aliphatic rings. The minimum absolute atomic E-state index is 0.108. The van der Waals surface area contributed by atoms with Crippen molar-refractivity contribution in [3.63, 3.8) is 0 Å². The number of halogens is 1. The first-order valence-corrected chi connectivity index (χ1v) is 9.65. The smallest absolute Gasteiger partial charge is 0.232 e. The largest absolute Gasteiger partial charge is 0.283 e. The van der Waals surface area contributed by atoms with Crippen LogP contribution < -0.4 is 4.90 Å². The van der Waals surface area contributed by atoms with Gasteiger partial charge in [-0.15, -0.1) is 11.3 Å². The van der Waals surface area contributed by atoms with Gasteiger partial charge in [-0.3, -0.25) is 9.69 Å². The van der Waals surface area contributed by atoms with Crippen molar-refractivity contribution in [1.82, 2.24) is 4.98 Å². The highest BCUT2D eigenvalue weighted by atomic mass is 32.1. The average molecular weight is 366 g/mol. The average Bonchev–Trinajstić information content (AvgIpc) is 3.09. The first kappa shape index (κ1) is 16.9. The lowest BCUT2D eigenvalue weighted by molar-refractivity contribution is -0.124. The van der Waals surface area contributed by atoms with Gasteiger partial charge in [-0.1, -0.05) is 36.8 Å². The van der Waals surface area contributed by atoms with Gasteiger partial charge in [-0.05, 0) is 42.7 Å². The number of rotatable bonds is 5. The van der Waals surface area contributed by atoms with Gasteiger partial charge < -0.3 is 0 Å². The molecule has 1 fully saturated rings. The van der Waals surface area contributed by atoms with Crippen LogP contribution in [0.1, 0.15) is 24.8 Å². The van der Waals surface area contributed by atoms with E-state index in [0.29, 0.717) is 11.7 Å². The van der Waals surface area contributed by atoms with Crippen molar-refractivity contribution >= 4 is 22.4 Å². The fourth-order valence-electron chi connectivity index (χ4n) is 3.02. The Kier molecular flexibility index (Phi) is 4.80. The molecule has 0 spiro atoms. The van der Waals surface area contributed by atoms with Crippen molar-refractivity contribution in [2.45, 2.75) is 25.8 Å². The number of hydrogen-bond donors (Lipinski definition) is 0. The summed E-state index contributed by atoms with van der Waals surface area (Å²) in [7, 11) is 0. The standard InChI is InChI=1S/C21H19FN2OS/c22-18-11-9-16(10-12-18)19-14-26-21(23-19)24(20(25)17-7-4-8-17)13-15-5-2-1-3-6-15/h1-3,5-6,9-12,14,17H,4,7-8,13H2. The molecule has 1 aromatic heterocycles. The molecule has 0 radical (unpaired) electrons. The number of hydrogen-bond acceptors (Lipinski definition) is 3. The quantitative estimate of drug-likeness (QED) is 0.615. The molecule has 5 heteroatoms. The number of benzene rings is 2. The molecule has 4 rings (SSSR count). The lowest BCUT2D eigenvalue weighted by atomic mass is 9.84. The van der Waals surface area contributed by atoms with Crippen LogP contribution in [-0.2, 0) is 11.3 Å². The minimum Gasteiger partial charge on any atom is -0.283 e. The van der Waals surface area contributed by atoms with Crippen LogP contribution in [-0.4, -0.2) is 10.9 Å². The van der Waals surface area contributed by atoms with Crippen molar-refractivity contribution in [2.75, 3.05) is 4.90 Å². The van der Waals surface area contributed by atoms with Crippen LogP contribution in [0.2, 0.25) is 0 Å². The first-order chi connectivity index (χ1) is 12.7. The van der Waals surface area contributed by atoms with E-state index in [9.17, 15) is 9.18 Å². The maximum absolute atomic E-state index is 13.1. The maximum Gasteiger partial charge on any atom is 0.232 e. The van der Waals surface area contributed by atoms with Gasteiger partial charge in [0.05, 0.1) is 12.2 Å². The Balaban J connectivity index is 1.63. The summed E-state index contributed by atoms with van der Waals surface area (Å²) in [5.74, 6) is -0.00735. The van der Waals surface area contributed by atoms with Gasteiger partial charge in [0.2, 0.25) is 5.91 Å². The number of aromatic nitrogens is 1. The molecule has 0 N–H and O–H groups in total. The van der Waals surface area contributed by atoms with Crippen molar-refractivity contribution in [3.05, 3.63) is 71.4 Å². The zero-order valence-electron chi connectivity index (χ0n) is 14.3. The molecular formula is C21H19FN2OS. The van der Waals surface area contributed by atoms with E-state index in [1.807, 2.05) is 35.7 Å². The second-order valence-electron chi connectivity index (χ2n) is 6.56. The zero-order chi connectivity index (χ0) is 17.9. The summed E-state index contributed by atoms with van der Waals surface area (Å²) in [6.45, 7) is 0.520. The highest BCUT2D eigenvalue weighted by Gasteiger charge is 2.31. The normalized spacial score (nSPS) is 14.0. The molecule has 0 unspecified atom stereocenters. The third kappa shape index (κ3) is 3.53. The van der Waals surface area contributed by atoms with E-state index >= 15 is 0 Å². The molecule has 0 saturated heterocycles. The van der Waals surface area contributed by atoms with Gasteiger partial charge >= 0.3 is 0 Å². The summed E-state index contributed by atoms with van der Waals surface area (Å²) in [5, 5.41) is 2.62. The molecule has 3 aromatic rings. The third-order valence-electron chi connectivity index (χ3n) is 4.77. The zero-order valence-corrected chi connectivity index (χ0v) is 15.1. The fourth-order valence-corrected chi connectivity index (χ4v) is 3.86. The highest BCUT2D eigenvalue weighted by molar-refractivity contribution is 7.14. The Morgan fingerprint density at radius 3 is 2.50 bits per heavy atom. The molecular weight excluding hydrogens is 347 g/mol. The summed E-state index contributed by atoms with van der Waals surface area (Å²) in [5.41, 5.74) is 2.70. The SMILES string of the molecule is O=C(C1CCC1)N(Cc1ccccc1)c1nc(-c2ccc(F)cc2)cs1. The van der Waals surface area contributed by atoms with E-state index in [2.05, 4.69) is 4.98 Å². The van der Waals surface area contributed by atoms with Crippen LogP contribution in [0.15, 0.2) is 60.0 Å². The predicted molar refractivity (Wildman–Crippen MR) is 102 cm³/mol. The van der Waals surface area contributed by atoms with Gasteiger partial charge in [0, 0.05) is 16.9 Å². The second-order valence-corrected chi connectivity index (χ2v) is 7.40. The van der Waals surface area contributed by atoms with Crippen molar-refractivity contribution in [2.24, 2.45) is 5.92 Å². The summed E-state index contributed by atoms with van der Waals surface area (Å²) >= 11 is 1.46. The predicted octanol–water partition coefficient (Wildman–Crippen LogP) is 5.28. The molecule has 1 saturated carbocycles. The molecule has 0 bridgehead atoms. The first-order valence-electron chi connectivity index (χ1n) is 8.77. The van der Waals surface area contributed by atoms with E-state index in [0.717, 1.165) is 36.1 Å². The van der Waals surface area contributed by atoms with Crippen molar-refractivity contribution in [1.29, 1.82) is 0 Å². The maximum atomic E-state index is 13.1. The van der Waals surface area contributed by atoms with E-state index in [1.165, 1.54) is 23.5 Å². The summed E-state index contributed by atoms with van der Waals surface area (Å²) in [6.07, 6.45) is 3.04. The Morgan fingerprint density at radius 2 is 1.85 bits per heavy atom. The molecule has 3 nitrogen and oxygen atoms in total. The number of thiazole rings is 1. The molecule has 0 atom stereocenters. The van der Waals surface area contributed by atoms with Crippen molar-refractivity contribution in [3.8, 4) is 11.3 Å². The number of carbonyl (C=O) groups excluding carboxylic acids is 1. The molecule has 1 aliphatic carbocycles. The summed E-state index contributed by atoms with van der Waals surface area (Å²) in [4.78, 5) is 19.4. The number of nitrogens with zero attached hydrogens (tertiary/aromatic N) is 2. The van der Waals surface area contributed by atoms with E-state index in [4.69, 9.17) is 0 Å². The molecule has 132 valence electrons. The van der Waals surface area contributed by atoms with Crippen LogP contribution in [0.25, 0.3) is 11.3 Å². The number of amides is 1. The van der Waals surface area contributed by atoms with E-state index in [1.54, 1.807) is 17.0 Å². The van der Waals surface area contributed by atoms with Gasteiger partial charge in [-0.2, -0.15) is 0 Å². The summed E-state index contributed by atoms with van der Waals surface area (Å²) in [6, 6.07) is 16.3. The fraction of sp³-hybridized carbons (Fsp3) is 0.238. The lowest BCUT2D eigenvalue weighted by Crippen LogP contribution is -2.38. The van der Waals surface area contributed by atoms with Gasteiger partial charge in [0.15, 0.2) is 5.13 Å². The Bertz CT molecular complexity index is 888. The Labute approximate surface area is 156 Å². The molecule has 2 aromatic carbocycles. The minimum atomic E-state index is -0.268. The topological polar surface area (TPSA) is 33.2 Å². The van der Waals surface area contributed by atoms with Crippen LogP contribution in [0, 0.1) is 11.7 Å². The van der Waals surface area contributed by atoms with E-state index < -0.39 is 0 Å². The third-order valence-corrected chi connectivity index (χ3v) is 5.63. The van der Waals surface area contributed by atoms with Gasteiger partial charge in [0.1, 0.15) is 5.82 Å². The second kappa shape index (κ2) is 7.38. The molecule has 26 heavy (non-hydrogen) atoms. The van der Waals surface area contributed by atoms with Crippen LogP contribution >= 0.6 is 11.3 Å². The van der Waals surface area contributed by atoms with Crippen LogP contribution in [0.3, 0.4) is 0 Å². The molecule has 1 amide bonds. The Morgan fingerprint density at radius 1 is 1.12 bits per heavy atom. The number of anilines is 1.